The number of rotatable bonds is 10. The summed E-state index contributed by atoms with van der Waals surface area (Å²) < 4.78 is 12.9. The number of nitrogens with zero attached hydrogens (tertiary/aromatic N) is 1. The molecule has 0 bridgehead atoms. The van der Waals surface area contributed by atoms with Crippen LogP contribution in [0.25, 0.3) is 0 Å². The van der Waals surface area contributed by atoms with Crippen LogP contribution in [0.5, 0.6) is 0 Å². The van der Waals surface area contributed by atoms with Crippen LogP contribution in [0.2, 0.25) is 18.1 Å². The maximum Gasteiger partial charge on any atom is 0.410 e. The molecule has 2 N–H and O–H groups in total. The number of carbonyl (C=O) groups excluding carboxylic acids is 1. The van der Waals surface area contributed by atoms with Crippen molar-refractivity contribution in [1.29, 1.82) is 0 Å². The van der Waals surface area contributed by atoms with Gasteiger partial charge in [-0.15, -0.1) is 0 Å². The predicted octanol–water partition coefficient (Wildman–Crippen LogP) is 7.98. The van der Waals surface area contributed by atoms with E-state index < -0.39 is 13.9 Å². The van der Waals surface area contributed by atoms with Crippen molar-refractivity contribution in [3.05, 3.63) is 65.7 Å². The lowest BCUT2D eigenvalue weighted by Crippen LogP contribution is -2.49. The molecule has 2 atom stereocenters. The highest BCUT2D eigenvalue weighted by atomic mass is 28.4. The van der Waals surface area contributed by atoms with Gasteiger partial charge in [0.25, 0.3) is 0 Å². The van der Waals surface area contributed by atoms with Crippen molar-refractivity contribution < 1.29 is 14.0 Å². The van der Waals surface area contributed by atoms with E-state index in [1.54, 1.807) is 0 Å². The molecule has 2 aromatic carbocycles. The van der Waals surface area contributed by atoms with Gasteiger partial charge in [-0.25, -0.2) is 4.79 Å². The maximum atomic E-state index is 13.7. The van der Waals surface area contributed by atoms with Gasteiger partial charge < -0.3 is 19.8 Å². The monoisotopic (exact) mass is 512 g/mol. The Morgan fingerprint density at radius 2 is 1.56 bits per heavy atom. The van der Waals surface area contributed by atoms with Gasteiger partial charge in [-0.1, -0.05) is 76.6 Å². The van der Waals surface area contributed by atoms with Gasteiger partial charge in [0.2, 0.25) is 0 Å². The largest absolute Gasteiger partial charge is 0.444 e. The molecule has 0 spiro atoms. The molecule has 0 aliphatic heterocycles. The number of nitrogen functional groups attached to an aromatic ring is 1. The summed E-state index contributed by atoms with van der Waals surface area (Å²) in [6, 6.07) is 18.2. The zero-order valence-electron chi connectivity index (χ0n) is 23.9. The number of carbonyl (C=O) groups is 1. The van der Waals surface area contributed by atoms with Crippen LogP contribution in [-0.4, -0.2) is 37.5 Å². The molecule has 200 valence electrons. The summed E-state index contributed by atoms with van der Waals surface area (Å²) in [4.78, 5) is 15.6. The van der Waals surface area contributed by atoms with Crippen LogP contribution in [0.15, 0.2) is 54.6 Å². The summed E-state index contributed by atoms with van der Waals surface area (Å²) in [5, 5.41) is 0.0452. The third-order valence-corrected chi connectivity index (χ3v) is 11.4. The molecule has 2 aromatic rings. The molecule has 0 heterocycles. The van der Waals surface area contributed by atoms with Gasteiger partial charge in [0.05, 0.1) is 12.6 Å². The second kappa shape index (κ2) is 12.3. The molecule has 0 fully saturated rings. The van der Waals surface area contributed by atoms with Crippen LogP contribution in [-0.2, 0) is 15.6 Å². The van der Waals surface area contributed by atoms with Crippen molar-refractivity contribution in [3.63, 3.8) is 0 Å². The lowest BCUT2D eigenvalue weighted by Gasteiger charge is -2.42. The van der Waals surface area contributed by atoms with E-state index in [9.17, 15) is 4.79 Å². The highest BCUT2D eigenvalue weighted by Crippen LogP contribution is 2.40. The van der Waals surface area contributed by atoms with Crippen molar-refractivity contribution in [2.45, 2.75) is 104 Å². The first-order chi connectivity index (χ1) is 16.6. The molecule has 0 aliphatic carbocycles. The van der Waals surface area contributed by atoms with Crippen molar-refractivity contribution in [3.8, 4) is 0 Å². The zero-order chi connectivity index (χ0) is 27.1. The molecule has 6 heteroatoms. The SMILES string of the molecule is CCC[C@H](Cc1ccc(N)cc1)N(C[C@H](O[Si](C)(C)C(C)(C)C)c1ccccc1)C(=O)OC(C)(C)C. The number of amides is 1. The van der Waals surface area contributed by atoms with E-state index >= 15 is 0 Å². The summed E-state index contributed by atoms with van der Waals surface area (Å²) in [5.41, 5.74) is 8.30. The summed E-state index contributed by atoms with van der Waals surface area (Å²) in [7, 11) is -2.13. The number of benzene rings is 2. The molecule has 0 unspecified atom stereocenters. The Hall–Kier alpha value is -2.31. The number of hydrogen-bond acceptors (Lipinski definition) is 4. The molecule has 0 radical (unpaired) electrons. The van der Waals surface area contributed by atoms with Crippen LogP contribution >= 0.6 is 0 Å². The first kappa shape index (κ1) is 29.9. The molecular formula is C30H48N2O3Si. The van der Waals surface area contributed by atoms with Crippen LogP contribution < -0.4 is 5.73 Å². The van der Waals surface area contributed by atoms with Gasteiger partial charge in [0.15, 0.2) is 8.32 Å². The lowest BCUT2D eigenvalue weighted by molar-refractivity contribution is 0.00382. The molecular weight excluding hydrogens is 464 g/mol. The second-order valence-electron chi connectivity index (χ2n) is 12.3. The standard InChI is InChI=1S/C30H48N2O3Si/c1-10-14-26(21-23-17-19-25(31)20-18-23)32(28(33)34-29(2,3)4)22-27(24-15-12-11-13-16-24)35-36(8,9)30(5,6)7/h11-13,15-20,26-27H,10,14,21-22,31H2,1-9H3/t26-,27+/m1/s1. The topological polar surface area (TPSA) is 64.8 Å². The smallest absolute Gasteiger partial charge is 0.410 e. The highest BCUT2D eigenvalue weighted by molar-refractivity contribution is 6.74. The van der Waals surface area contributed by atoms with Gasteiger partial charge in [0.1, 0.15) is 5.60 Å². The van der Waals surface area contributed by atoms with E-state index in [-0.39, 0.29) is 23.3 Å². The van der Waals surface area contributed by atoms with Gasteiger partial charge in [-0.05, 0) is 75.0 Å². The van der Waals surface area contributed by atoms with Gasteiger partial charge in [-0.2, -0.15) is 0 Å². The fourth-order valence-electron chi connectivity index (χ4n) is 3.91. The second-order valence-corrected chi connectivity index (χ2v) is 17.1. The Bertz CT molecular complexity index is 947. The van der Waals surface area contributed by atoms with Gasteiger partial charge in [-0.3, -0.25) is 0 Å². The molecule has 2 rings (SSSR count). The summed E-state index contributed by atoms with van der Waals surface area (Å²) in [6.45, 7) is 19.6. The van der Waals surface area contributed by atoms with E-state index in [2.05, 4.69) is 52.9 Å². The Morgan fingerprint density at radius 1 is 0.972 bits per heavy atom. The number of anilines is 1. The predicted molar refractivity (Wildman–Crippen MR) is 154 cm³/mol. The molecule has 1 amide bonds. The number of ether oxygens (including phenoxy) is 1. The third-order valence-electron chi connectivity index (χ3n) is 6.92. The lowest BCUT2D eigenvalue weighted by atomic mass is 9.99. The maximum absolute atomic E-state index is 13.7. The average molecular weight is 513 g/mol. The molecule has 36 heavy (non-hydrogen) atoms. The summed E-state index contributed by atoms with van der Waals surface area (Å²) in [6.07, 6.45) is 2.01. The summed E-state index contributed by atoms with van der Waals surface area (Å²) >= 11 is 0. The van der Waals surface area contributed by atoms with E-state index in [1.165, 1.54) is 0 Å². The molecule has 5 nitrogen and oxygen atoms in total. The first-order valence-electron chi connectivity index (χ1n) is 13.2. The molecule has 0 saturated heterocycles. The minimum absolute atomic E-state index is 0.0253. The normalized spacial score (nSPS) is 14.2. The molecule has 0 aliphatic rings. The van der Waals surface area contributed by atoms with Crippen LogP contribution in [0, 0.1) is 0 Å². The Kier molecular flexibility index (Phi) is 10.2. The zero-order valence-corrected chi connectivity index (χ0v) is 24.9. The molecule has 0 saturated carbocycles. The minimum Gasteiger partial charge on any atom is -0.444 e. The van der Waals surface area contributed by atoms with Crippen LogP contribution in [0.4, 0.5) is 10.5 Å². The van der Waals surface area contributed by atoms with Gasteiger partial charge in [0, 0.05) is 11.7 Å². The number of hydrogen-bond donors (Lipinski definition) is 1. The van der Waals surface area contributed by atoms with Crippen molar-refractivity contribution in [2.24, 2.45) is 0 Å². The van der Waals surface area contributed by atoms with E-state index in [1.807, 2.05) is 68.1 Å². The highest BCUT2D eigenvalue weighted by Gasteiger charge is 2.41. The number of nitrogens with two attached hydrogens (primary N) is 1. The quantitative estimate of drug-likeness (QED) is 0.259. The minimum atomic E-state index is -2.13. The van der Waals surface area contributed by atoms with Crippen molar-refractivity contribution in [1.82, 2.24) is 4.90 Å². The first-order valence-corrected chi connectivity index (χ1v) is 16.1. The fourth-order valence-corrected chi connectivity index (χ4v) is 5.19. The average Bonchev–Trinajstić information content (AvgIpc) is 2.76. The van der Waals surface area contributed by atoms with Crippen LogP contribution in [0.3, 0.4) is 0 Å². The van der Waals surface area contributed by atoms with Crippen molar-refractivity contribution in [2.75, 3.05) is 12.3 Å². The Labute approximate surface area is 220 Å². The van der Waals surface area contributed by atoms with E-state index in [4.69, 9.17) is 14.9 Å². The fraction of sp³-hybridized carbons (Fsp3) is 0.567. The van der Waals surface area contributed by atoms with E-state index in [0.717, 1.165) is 36.1 Å². The van der Waals surface area contributed by atoms with Crippen LogP contribution in [0.1, 0.15) is 78.5 Å². The van der Waals surface area contributed by atoms with E-state index in [0.29, 0.717) is 6.54 Å². The third kappa shape index (κ3) is 8.97. The van der Waals surface area contributed by atoms with Crippen molar-refractivity contribution >= 4 is 20.1 Å². The Balaban J connectivity index is 2.49. The van der Waals surface area contributed by atoms with Gasteiger partial charge >= 0.3 is 6.09 Å². The summed E-state index contributed by atoms with van der Waals surface area (Å²) in [5.74, 6) is 0. The Morgan fingerprint density at radius 3 is 2.06 bits per heavy atom. The molecule has 0 aromatic heterocycles.